The van der Waals surface area contributed by atoms with Crippen molar-refractivity contribution in [2.24, 2.45) is 11.3 Å². The van der Waals surface area contributed by atoms with E-state index in [9.17, 15) is 10.2 Å². The highest BCUT2D eigenvalue weighted by atomic mass is 16.3. The molecule has 1 saturated carbocycles. The summed E-state index contributed by atoms with van der Waals surface area (Å²) in [5, 5.41) is 19.8. The topological polar surface area (TPSA) is 40.5 Å². The summed E-state index contributed by atoms with van der Waals surface area (Å²) in [6, 6.07) is 3.70. The first-order valence-corrected chi connectivity index (χ1v) is 7.40. The van der Waals surface area contributed by atoms with Crippen LogP contribution in [-0.4, -0.2) is 10.2 Å². The molecule has 19 heavy (non-hydrogen) atoms. The van der Waals surface area contributed by atoms with Gasteiger partial charge in [-0.3, -0.25) is 0 Å². The molecule has 0 heterocycles. The summed E-state index contributed by atoms with van der Waals surface area (Å²) < 4.78 is 0. The van der Waals surface area contributed by atoms with Gasteiger partial charge in [0, 0.05) is 5.56 Å². The molecule has 0 unspecified atom stereocenters. The van der Waals surface area contributed by atoms with Gasteiger partial charge in [-0.25, -0.2) is 0 Å². The van der Waals surface area contributed by atoms with Crippen LogP contribution in [0.5, 0.6) is 11.5 Å². The lowest BCUT2D eigenvalue weighted by molar-refractivity contribution is 0.0401. The molecule has 0 spiro atoms. The summed E-state index contributed by atoms with van der Waals surface area (Å²) in [5.41, 5.74) is 2.78. The Balaban J connectivity index is 2.16. The summed E-state index contributed by atoms with van der Waals surface area (Å²) >= 11 is 0. The van der Waals surface area contributed by atoms with Gasteiger partial charge < -0.3 is 10.2 Å². The predicted molar refractivity (Wildman–Crippen MR) is 76.6 cm³/mol. The van der Waals surface area contributed by atoms with Gasteiger partial charge in [0.2, 0.25) is 0 Å². The third-order valence-corrected chi connectivity index (χ3v) is 5.79. The molecule has 0 aromatic heterocycles. The van der Waals surface area contributed by atoms with E-state index in [0.29, 0.717) is 11.3 Å². The maximum Gasteiger partial charge on any atom is 0.160 e. The van der Waals surface area contributed by atoms with E-state index in [4.69, 9.17) is 0 Å². The highest BCUT2D eigenvalue weighted by Gasteiger charge is 2.50. The zero-order valence-electron chi connectivity index (χ0n) is 12.2. The highest BCUT2D eigenvalue weighted by molar-refractivity contribution is 5.53. The van der Waals surface area contributed by atoms with E-state index < -0.39 is 0 Å². The van der Waals surface area contributed by atoms with Crippen LogP contribution in [0.4, 0.5) is 0 Å². The zero-order chi connectivity index (χ0) is 13.8. The van der Waals surface area contributed by atoms with Crippen molar-refractivity contribution in [2.45, 2.75) is 58.3 Å². The van der Waals surface area contributed by atoms with E-state index in [1.807, 2.05) is 6.07 Å². The average molecular weight is 260 g/mol. The Bertz CT molecular complexity index is 518. The largest absolute Gasteiger partial charge is 0.504 e. The fraction of sp³-hybridized carbons (Fsp3) is 0.647. The second-order valence-electron chi connectivity index (χ2n) is 7.31. The number of phenols is 2. The molecule has 1 aromatic rings. The molecule has 0 saturated heterocycles. The van der Waals surface area contributed by atoms with E-state index in [1.54, 1.807) is 6.07 Å². The molecule has 2 aliphatic rings. The molecule has 3 rings (SSSR count). The molecule has 1 fully saturated rings. The normalized spacial score (nSPS) is 32.5. The lowest BCUT2D eigenvalue weighted by atomic mass is 9.50. The summed E-state index contributed by atoms with van der Waals surface area (Å²) in [6.45, 7) is 7.13. The monoisotopic (exact) mass is 260 g/mol. The van der Waals surface area contributed by atoms with Gasteiger partial charge in [-0.15, -0.1) is 0 Å². The third-order valence-electron chi connectivity index (χ3n) is 5.79. The number of fused-ring (bicyclic) bond motifs is 3. The SMILES string of the molecule is CC1(C)CCC[C@@]2(C)c3ccc(O)c(O)c3CC[C@H]12. The second-order valence-corrected chi connectivity index (χ2v) is 7.31. The van der Waals surface area contributed by atoms with Crippen LogP contribution in [0.2, 0.25) is 0 Å². The van der Waals surface area contributed by atoms with E-state index in [2.05, 4.69) is 20.8 Å². The van der Waals surface area contributed by atoms with Gasteiger partial charge in [-0.2, -0.15) is 0 Å². The fourth-order valence-electron chi connectivity index (χ4n) is 4.85. The molecular formula is C17H24O2. The third kappa shape index (κ3) is 1.69. The maximum absolute atomic E-state index is 10.1. The quantitative estimate of drug-likeness (QED) is 0.689. The van der Waals surface area contributed by atoms with Crippen molar-refractivity contribution in [2.75, 3.05) is 0 Å². The van der Waals surface area contributed by atoms with Crippen LogP contribution in [0.3, 0.4) is 0 Å². The highest BCUT2D eigenvalue weighted by Crippen LogP contribution is 2.58. The van der Waals surface area contributed by atoms with Crippen molar-refractivity contribution in [3.8, 4) is 11.5 Å². The van der Waals surface area contributed by atoms with Gasteiger partial charge in [-0.05, 0) is 54.1 Å². The van der Waals surface area contributed by atoms with Crippen molar-refractivity contribution >= 4 is 0 Å². The summed E-state index contributed by atoms with van der Waals surface area (Å²) in [4.78, 5) is 0. The Morgan fingerprint density at radius 2 is 1.84 bits per heavy atom. The standard InChI is InChI=1S/C17H24O2/c1-16(2)9-4-10-17(3)12-6-7-13(18)15(19)11(12)5-8-14(16)17/h6-7,14,18-19H,4-5,8-10H2,1-3H3/t14-,17+/m1/s1. The smallest absolute Gasteiger partial charge is 0.160 e. The van der Waals surface area contributed by atoms with Crippen LogP contribution in [0.25, 0.3) is 0 Å². The van der Waals surface area contributed by atoms with E-state index >= 15 is 0 Å². The molecule has 1 aromatic carbocycles. The van der Waals surface area contributed by atoms with E-state index in [0.717, 1.165) is 18.4 Å². The molecule has 0 amide bonds. The minimum absolute atomic E-state index is 0.0240. The van der Waals surface area contributed by atoms with Gasteiger partial charge in [0.15, 0.2) is 11.5 Å². The molecule has 2 heteroatoms. The molecule has 0 bridgehead atoms. The van der Waals surface area contributed by atoms with E-state index in [-0.39, 0.29) is 16.9 Å². The van der Waals surface area contributed by atoms with Crippen LogP contribution in [0, 0.1) is 11.3 Å². The fourth-order valence-corrected chi connectivity index (χ4v) is 4.85. The maximum atomic E-state index is 10.1. The van der Waals surface area contributed by atoms with Crippen molar-refractivity contribution in [1.82, 2.24) is 0 Å². The molecular weight excluding hydrogens is 236 g/mol. The first kappa shape index (κ1) is 12.8. The zero-order valence-corrected chi connectivity index (χ0v) is 12.2. The first-order chi connectivity index (χ1) is 8.86. The number of rotatable bonds is 0. The van der Waals surface area contributed by atoms with Crippen LogP contribution in [0.15, 0.2) is 12.1 Å². The molecule has 2 nitrogen and oxygen atoms in total. The Morgan fingerprint density at radius 1 is 1.11 bits per heavy atom. The molecule has 104 valence electrons. The summed E-state index contributed by atoms with van der Waals surface area (Å²) in [7, 11) is 0. The number of hydrogen-bond acceptors (Lipinski definition) is 2. The molecule has 0 radical (unpaired) electrons. The van der Waals surface area contributed by atoms with Crippen molar-refractivity contribution < 1.29 is 10.2 Å². The van der Waals surface area contributed by atoms with Gasteiger partial charge in [0.05, 0.1) is 0 Å². The molecule has 2 aliphatic carbocycles. The van der Waals surface area contributed by atoms with E-state index in [1.165, 1.54) is 24.8 Å². The predicted octanol–water partition coefficient (Wildman–Crippen LogP) is 4.13. The van der Waals surface area contributed by atoms with Crippen LogP contribution >= 0.6 is 0 Å². The minimum atomic E-state index is 0.0240. The van der Waals surface area contributed by atoms with Gasteiger partial charge in [0.1, 0.15) is 0 Å². The van der Waals surface area contributed by atoms with Crippen LogP contribution in [0.1, 0.15) is 57.6 Å². The van der Waals surface area contributed by atoms with Gasteiger partial charge in [0.25, 0.3) is 0 Å². The van der Waals surface area contributed by atoms with Gasteiger partial charge >= 0.3 is 0 Å². The number of benzene rings is 1. The lowest BCUT2D eigenvalue weighted by Gasteiger charge is -2.54. The average Bonchev–Trinajstić information content (AvgIpc) is 2.33. The van der Waals surface area contributed by atoms with Crippen LogP contribution in [-0.2, 0) is 11.8 Å². The van der Waals surface area contributed by atoms with Crippen molar-refractivity contribution in [3.05, 3.63) is 23.3 Å². The Morgan fingerprint density at radius 3 is 2.58 bits per heavy atom. The summed E-state index contributed by atoms with van der Waals surface area (Å²) in [5.74, 6) is 0.807. The molecule has 2 atom stereocenters. The minimum Gasteiger partial charge on any atom is -0.504 e. The number of aromatic hydroxyl groups is 2. The van der Waals surface area contributed by atoms with Crippen molar-refractivity contribution in [1.29, 1.82) is 0 Å². The van der Waals surface area contributed by atoms with Crippen LogP contribution < -0.4 is 0 Å². The lowest BCUT2D eigenvalue weighted by Crippen LogP contribution is -2.47. The van der Waals surface area contributed by atoms with Gasteiger partial charge in [-0.1, -0.05) is 33.3 Å². The Hall–Kier alpha value is -1.18. The summed E-state index contributed by atoms with van der Waals surface area (Å²) in [6.07, 6.45) is 5.75. The Kier molecular flexibility index (Phi) is 2.64. The molecule has 0 aliphatic heterocycles. The first-order valence-electron chi connectivity index (χ1n) is 7.40. The van der Waals surface area contributed by atoms with Crippen molar-refractivity contribution in [3.63, 3.8) is 0 Å². The molecule has 2 N–H and O–H groups in total. The number of hydrogen-bond donors (Lipinski definition) is 2. The second kappa shape index (κ2) is 3.91. The number of phenolic OH excluding ortho intramolecular Hbond substituents is 2. The Labute approximate surface area is 115 Å².